The third-order valence-corrected chi connectivity index (χ3v) is 4.95. The topological polar surface area (TPSA) is 116 Å². The van der Waals surface area contributed by atoms with Crippen molar-refractivity contribution in [2.75, 3.05) is 26.2 Å². The quantitative estimate of drug-likeness (QED) is 0.608. The second-order valence-electron chi connectivity index (χ2n) is 7.13. The number of oxazole rings is 1. The first-order valence-electron chi connectivity index (χ1n) is 9.64. The first-order chi connectivity index (χ1) is 14.2. The van der Waals surface area contributed by atoms with Gasteiger partial charge in [0, 0.05) is 32.7 Å². The van der Waals surface area contributed by atoms with Gasteiger partial charge in [0.25, 0.3) is 5.91 Å². The van der Waals surface area contributed by atoms with E-state index >= 15 is 0 Å². The third kappa shape index (κ3) is 5.04. The molecule has 2 N–H and O–H groups in total. The fourth-order valence-electron chi connectivity index (χ4n) is 3.31. The van der Waals surface area contributed by atoms with Crippen molar-refractivity contribution in [1.82, 2.24) is 40.7 Å². The minimum atomic E-state index is -0.376. The summed E-state index contributed by atoms with van der Waals surface area (Å²) in [4.78, 5) is 21.4. The van der Waals surface area contributed by atoms with E-state index in [2.05, 4.69) is 65.0 Å². The van der Waals surface area contributed by atoms with Crippen LogP contribution < -0.4 is 5.32 Å². The van der Waals surface area contributed by atoms with E-state index in [1.54, 1.807) is 6.92 Å². The van der Waals surface area contributed by atoms with Crippen LogP contribution >= 0.6 is 0 Å². The number of amides is 1. The molecule has 3 aromatic rings. The van der Waals surface area contributed by atoms with Crippen molar-refractivity contribution < 1.29 is 9.21 Å². The number of aromatic amines is 1. The molecule has 10 nitrogen and oxygen atoms in total. The molecule has 0 saturated carbocycles. The molecule has 1 fully saturated rings. The molecule has 152 valence electrons. The molecule has 0 radical (unpaired) electrons. The zero-order valence-corrected chi connectivity index (χ0v) is 16.3. The van der Waals surface area contributed by atoms with Gasteiger partial charge in [0.1, 0.15) is 6.26 Å². The number of carbonyl (C=O) groups is 1. The fraction of sp³-hybridized carbons (Fsp3) is 0.421. The van der Waals surface area contributed by atoms with Gasteiger partial charge in [0.15, 0.2) is 11.5 Å². The third-order valence-electron chi connectivity index (χ3n) is 4.95. The molecule has 1 atom stereocenters. The Bertz CT molecular complexity index is 903. The minimum absolute atomic E-state index is 0.248. The van der Waals surface area contributed by atoms with Crippen LogP contribution in [0, 0.1) is 0 Å². The van der Waals surface area contributed by atoms with E-state index in [0.717, 1.165) is 32.7 Å². The molecular formula is C19H24N8O2. The van der Waals surface area contributed by atoms with Crippen molar-refractivity contribution in [3.05, 3.63) is 59.6 Å². The molecule has 0 spiro atoms. The largest absolute Gasteiger partial charge is 0.447 e. The van der Waals surface area contributed by atoms with Crippen LogP contribution in [-0.2, 0) is 13.1 Å². The van der Waals surface area contributed by atoms with Crippen molar-refractivity contribution in [2.45, 2.75) is 26.1 Å². The molecular weight excluding hydrogens is 372 g/mol. The van der Waals surface area contributed by atoms with Crippen LogP contribution in [0.5, 0.6) is 0 Å². The van der Waals surface area contributed by atoms with E-state index < -0.39 is 0 Å². The number of nitrogens with one attached hydrogen (secondary N) is 2. The summed E-state index contributed by atoms with van der Waals surface area (Å²) in [6.07, 6.45) is 1.39. The number of aromatic nitrogens is 5. The molecule has 0 bridgehead atoms. The summed E-state index contributed by atoms with van der Waals surface area (Å²) in [6.45, 7) is 7.19. The number of rotatable bonds is 7. The van der Waals surface area contributed by atoms with Crippen molar-refractivity contribution in [3.63, 3.8) is 0 Å². The van der Waals surface area contributed by atoms with Gasteiger partial charge in [-0.15, -0.1) is 10.2 Å². The van der Waals surface area contributed by atoms with Crippen molar-refractivity contribution in [1.29, 1.82) is 0 Å². The highest BCUT2D eigenvalue weighted by atomic mass is 16.3. The number of nitrogens with zero attached hydrogens (tertiary/aromatic N) is 6. The number of piperazine rings is 1. The summed E-state index contributed by atoms with van der Waals surface area (Å²) in [7, 11) is 0. The highest BCUT2D eigenvalue weighted by molar-refractivity contribution is 5.92. The maximum atomic E-state index is 12.3. The minimum Gasteiger partial charge on any atom is -0.447 e. The number of H-pyrrole nitrogens is 1. The Balaban J connectivity index is 1.25. The molecule has 1 aromatic carbocycles. The molecule has 1 saturated heterocycles. The fourth-order valence-corrected chi connectivity index (χ4v) is 3.31. The summed E-state index contributed by atoms with van der Waals surface area (Å²) in [5.74, 6) is 0.624. The van der Waals surface area contributed by atoms with Gasteiger partial charge in [0.05, 0.1) is 12.6 Å². The Morgan fingerprint density at radius 3 is 2.59 bits per heavy atom. The summed E-state index contributed by atoms with van der Waals surface area (Å²) < 4.78 is 5.51. The van der Waals surface area contributed by atoms with E-state index in [0.29, 0.717) is 18.3 Å². The van der Waals surface area contributed by atoms with E-state index in [-0.39, 0.29) is 17.6 Å². The number of benzene rings is 1. The van der Waals surface area contributed by atoms with Crippen LogP contribution in [0.3, 0.4) is 0 Å². The second kappa shape index (κ2) is 8.93. The molecule has 10 heteroatoms. The lowest BCUT2D eigenvalue weighted by Gasteiger charge is -2.34. The molecule has 29 heavy (non-hydrogen) atoms. The highest BCUT2D eigenvalue weighted by Gasteiger charge is 2.21. The van der Waals surface area contributed by atoms with E-state index in [9.17, 15) is 4.79 Å². The number of tetrazole rings is 1. The van der Waals surface area contributed by atoms with Crippen molar-refractivity contribution in [3.8, 4) is 0 Å². The first-order valence-corrected chi connectivity index (χ1v) is 9.64. The smallest absolute Gasteiger partial charge is 0.273 e. The Kier molecular flexibility index (Phi) is 5.92. The lowest BCUT2D eigenvalue weighted by molar-refractivity contribution is 0.0933. The zero-order valence-electron chi connectivity index (χ0n) is 16.3. The maximum absolute atomic E-state index is 12.3. The maximum Gasteiger partial charge on any atom is 0.273 e. The van der Waals surface area contributed by atoms with Crippen LogP contribution in [0.4, 0.5) is 0 Å². The molecule has 2 aromatic heterocycles. The number of hydrogen-bond acceptors (Lipinski definition) is 8. The predicted molar refractivity (Wildman–Crippen MR) is 104 cm³/mol. The molecule has 4 rings (SSSR count). The highest BCUT2D eigenvalue weighted by Crippen LogP contribution is 2.12. The van der Waals surface area contributed by atoms with Crippen LogP contribution in [0.2, 0.25) is 0 Å². The SMILES string of the molecule is C[C@H](NC(=O)c1coc(CN2CCN(Cc3ccccc3)CC2)n1)c1nn[nH]n1. The van der Waals surface area contributed by atoms with E-state index in [4.69, 9.17) is 4.42 Å². The molecule has 3 heterocycles. The van der Waals surface area contributed by atoms with Crippen molar-refractivity contribution >= 4 is 5.91 Å². The van der Waals surface area contributed by atoms with Gasteiger partial charge in [-0.1, -0.05) is 35.5 Å². The lowest BCUT2D eigenvalue weighted by Crippen LogP contribution is -2.45. The van der Waals surface area contributed by atoms with E-state index in [1.807, 2.05) is 6.07 Å². The van der Waals surface area contributed by atoms with Crippen LogP contribution in [0.15, 0.2) is 41.0 Å². The second-order valence-corrected chi connectivity index (χ2v) is 7.13. The Labute approximate surface area is 168 Å². The molecule has 1 aliphatic rings. The first kappa shape index (κ1) is 19.2. The molecule has 1 aliphatic heterocycles. The zero-order chi connectivity index (χ0) is 20.1. The van der Waals surface area contributed by atoms with E-state index in [1.165, 1.54) is 11.8 Å². The monoisotopic (exact) mass is 396 g/mol. The van der Waals surface area contributed by atoms with Gasteiger partial charge in [-0.3, -0.25) is 14.6 Å². The average Bonchev–Trinajstić information content (AvgIpc) is 3.43. The summed E-state index contributed by atoms with van der Waals surface area (Å²) in [5, 5.41) is 16.4. The molecule has 1 amide bonds. The van der Waals surface area contributed by atoms with Gasteiger partial charge in [0.2, 0.25) is 5.89 Å². The summed E-state index contributed by atoms with van der Waals surface area (Å²) in [6, 6.07) is 10.1. The van der Waals surface area contributed by atoms with Gasteiger partial charge in [-0.25, -0.2) is 4.98 Å². The van der Waals surface area contributed by atoms with Crippen molar-refractivity contribution in [2.24, 2.45) is 0 Å². The van der Waals surface area contributed by atoms with Gasteiger partial charge < -0.3 is 9.73 Å². The normalized spacial score (nSPS) is 16.6. The van der Waals surface area contributed by atoms with Gasteiger partial charge in [-0.05, 0) is 12.5 Å². The molecule has 0 aliphatic carbocycles. The van der Waals surface area contributed by atoms with Gasteiger partial charge >= 0.3 is 0 Å². The standard InChI is InChI=1S/C19H24N8O2/c1-14(18-22-24-25-23-18)20-19(28)16-13-29-17(21-16)12-27-9-7-26(8-10-27)11-15-5-3-2-4-6-15/h2-6,13-14H,7-12H2,1H3,(H,20,28)(H,22,23,24,25)/t14-/m0/s1. The Morgan fingerprint density at radius 2 is 1.90 bits per heavy atom. The number of hydrogen-bond donors (Lipinski definition) is 2. The molecule has 0 unspecified atom stereocenters. The van der Waals surface area contributed by atoms with Crippen LogP contribution in [-0.4, -0.2) is 67.5 Å². The Hall–Kier alpha value is -3.11. The average molecular weight is 396 g/mol. The summed E-state index contributed by atoms with van der Waals surface area (Å²) in [5.41, 5.74) is 1.58. The Morgan fingerprint density at radius 1 is 1.17 bits per heavy atom. The van der Waals surface area contributed by atoms with Crippen LogP contribution in [0.1, 0.15) is 40.7 Å². The predicted octanol–water partition coefficient (Wildman–Crippen LogP) is 0.996. The van der Waals surface area contributed by atoms with Crippen LogP contribution in [0.25, 0.3) is 0 Å². The lowest BCUT2D eigenvalue weighted by atomic mass is 10.2. The summed E-state index contributed by atoms with van der Waals surface area (Å²) >= 11 is 0. The number of carbonyl (C=O) groups excluding carboxylic acids is 1. The van der Waals surface area contributed by atoms with Gasteiger partial charge in [-0.2, -0.15) is 5.21 Å².